The quantitative estimate of drug-likeness (QED) is 0.790. The van der Waals surface area contributed by atoms with Gasteiger partial charge in [-0.25, -0.2) is 0 Å². The molecule has 0 atom stereocenters. The Morgan fingerprint density at radius 2 is 1.79 bits per heavy atom. The number of halogens is 3. The molecule has 0 aliphatic carbocycles. The maximum absolute atomic E-state index is 5.96. The van der Waals surface area contributed by atoms with Crippen LogP contribution in [0.25, 0.3) is 0 Å². The summed E-state index contributed by atoms with van der Waals surface area (Å²) in [5.74, 6) is 0.802. The summed E-state index contributed by atoms with van der Waals surface area (Å²) in [7, 11) is 1.64. The van der Waals surface area contributed by atoms with Crippen molar-refractivity contribution in [3.05, 3.63) is 56.5 Å². The van der Waals surface area contributed by atoms with E-state index in [1.165, 1.54) is 0 Å². The summed E-state index contributed by atoms with van der Waals surface area (Å²) < 4.78 is 6.09. The molecule has 0 spiro atoms. The molecule has 2 nitrogen and oxygen atoms in total. The Morgan fingerprint density at radius 1 is 1.11 bits per heavy atom. The van der Waals surface area contributed by atoms with Crippen LogP contribution in [-0.2, 0) is 6.54 Å². The lowest BCUT2D eigenvalue weighted by atomic mass is 10.2. The lowest BCUT2D eigenvalue weighted by Gasteiger charge is -2.10. The first-order valence-corrected chi connectivity index (χ1v) is 7.16. The fourth-order valence-corrected chi connectivity index (χ4v) is 2.81. The summed E-state index contributed by atoms with van der Waals surface area (Å²) in [6.07, 6.45) is 0. The van der Waals surface area contributed by atoms with Crippen molar-refractivity contribution in [2.75, 3.05) is 12.4 Å². The number of anilines is 1. The van der Waals surface area contributed by atoms with Crippen LogP contribution in [0.5, 0.6) is 5.75 Å². The summed E-state index contributed by atoms with van der Waals surface area (Å²) in [6.45, 7) is 0.652. The highest BCUT2D eigenvalue weighted by atomic mass is 79.9. The molecule has 0 saturated carbocycles. The monoisotopic (exact) mass is 359 g/mol. The first kappa shape index (κ1) is 14.5. The fourth-order valence-electron chi connectivity index (χ4n) is 1.69. The van der Waals surface area contributed by atoms with E-state index in [0.29, 0.717) is 16.6 Å². The highest BCUT2D eigenvalue weighted by Crippen LogP contribution is 2.28. The lowest BCUT2D eigenvalue weighted by Crippen LogP contribution is -1.99. The first-order valence-electron chi connectivity index (χ1n) is 5.61. The predicted octanol–water partition coefficient (Wildman–Crippen LogP) is 5.38. The maximum atomic E-state index is 5.96. The molecule has 0 aromatic heterocycles. The van der Waals surface area contributed by atoms with Crippen molar-refractivity contribution in [3.63, 3.8) is 0 Å². The fraction of sp³-hybridized carbons (Fsp3) is 0.143. The Balaban J connectivity index is 2.08. The highest BCUT2D eigenvalue weighted by Gasteiger charge is 2.02. The van der Waals surface area contributed by atoms with Crippen molar-refractivity contribution < 1.29 is 4.74 Å². The van der Waals surface area contributed by atoms with Crippen LogP contribution in [-0.4, -0.2) is 7.11 Å². The second-order valence-electron chi connectivity index (χ2n) is 3.98. The Hall–Kier alpha value is -0.900. The third-order valence-corrected chi connectivity index (χ3v) is 3.63. The number of methoxy groups -OCH3 is 1. The molecule has 0 bridgehead atoms. The molecule has 0 aliphatic heterocycles. The highest BCUT2D eigenvalue weighted by molar-refractivity contribution is 9.10. The molecule has 2 aromatic carbocycles. The molecule has 0 heterocycles. The molecule has 0 saturated heterocycles. The zero-order valence-electron chi connectivity index (χ0n) is 10.2. The van der Waals surface area contributed by atoms with E-state index in [4.69, 9.17) is 27.9 Å². The number of benzene rings is 2. The van der Waals surface area contributed by atoms with E-state index in [2.05, 4.69) is 21.2 Å². The van der Waals surface area contributed by atoms with E-state index in [0.717, 1.165) is 21.5 Å². The Kier molecular flexibility index (Phi) is 4.97. The van der Waals surface area contributed by atoms with E-state index in [1.807, 2.05) is 30.3 Å². The normalized spacial score (nSPS) is 10.3. The first-order chi connectivity index (χ1) is 9.08. The molecule has 1 N–H and O–H groups in total. The average molecular weight is 361 g/mol. The van der Waals surface area contributed by atoms with Crippen LogP contribution in [0, 0.1) is 0 Å². The van der Waals surface area contributed by atoms with Crippen LogP contribution in [0.4, 0.5) is 5.69 Å². The van der Waals surface area contributed by atoms with E-state index >= 15 is 0 Å². The Labute approximate surface area is 130 Å². The predicted molar refractivity (Wildman–Crippen MR) is 84.5 cm³/mol. The number of rotatable bonds is 4. The van der Waals surface area contributed by atoms with Crippen LogP contribution < -0.4 is 10.1 Å². The van der Waals surface area contributed by atoms with E-state index in [9.17, 15) is 0 Å². The molecule has 100 valence electrons. The largest absolute Gasteiger partial charge is 0.496 e. The van der Waals surface area contributed by atoms with Crippen LogP contribution in [0.2, 0.25) is 10.0 Å². The molecule has 0 radical (unpaired) electrons. The van der Waals surface area contributed by atoms with Crippen LogP contribution in [0.3, 0.4) is 0 Å². The standard InChI is InChI=1S/C14H12BrCl2NO/c1-19-14-3-2-12(7-13(14)15)18-8-9-4-10(16)6-11(17)5-9/h2-7,18H,8H2,1H3. The van der Waals surface area contributed by atoms with E-state index in [1.54, 1.807) is 13.2 Å². The lowest BCUT2D eigenvalue weighted by molar-refractivity contribution is 0.412. The van der Waals surface area contributed by atoms with Crippen LogP contribution in [0.15, 0.2) is 40.9 Å². The molecule has 2 rings (SSSR count). The molecule has 0 aliphatic rings. The number of nitrogens with one attached hydrogen (secondary N) is 1. The van der Waals surface area contributed by atoms with Crippen LogP contribution in [0.1, 0.15) is 5.56 Å². The minimum atomic E-state index is 0.639. The number of hydrogen-bond donors (Lipinski definition) is 1. The minimum Gasteiger partial charge on any atom is -0.496 e. The molecule has 19 heavy (non-hydrogen) atoms. The van der Waals surface area contributed by atoms with Crippen molar-refractivity contribution >= 4 is 44.8 Å². The number of hydrogen-bond acceptors (Lipinski definition) is 2. The molecular weight excluding hydrogens is 349 g/mol. The van der Waals surface area contributed by atoms with E-state index < -0.39 is 0 Å². The van der Waals surface area contributed by atoms with Gasteiger partial charge in [-0.1, -0.05) is 23.2 Å². The van der Waals surface area contributed by atoms with Gasteiger partial charge in [0.15, 0.2) is 0 Å². The minimum absolute atomic E-state index is 0.639. The van der Waals surface area contributed by atoms with Gasteiger partial charge >= 0.3 is 0 Å². The Bertz CT molecular complexity index is 569. The topological polar surface area (TPSA) is 21.3 Å². The molecular formula is C14H12BrCl2NO. The van der Waals surface area contributed by atoms with Gasteiger partial charge in [-0.05, 0) is 57.9 Å². The van der Waals surface area contributed by atoms with Gasteiger partial charge in [0, 0.05) is 22.3 Å². The van der Waals surface area contributed by atoms with Gasteiger partial charge < -0.3 is 10.1 Å². The summed E-state index contributed by atoms with van der Waals surface area (Å²) in [4.78, 5) is 0. The van der Waals surface area contributed by atoms with Gasteiger partial charge in [0.1, 0.15) is 5.75 Å². The summed E-state index contributed by atoms with van der Waals surface area (Å²) in [5, 5.41) is 4.58. The van der Waals surface area contributed by atoms with Gasteiger partial charge in [-0.2, -0.15) is 0 Å². The van der Waals surface area contributed by atoms with Crippen molar-refractivity contribution in [1.29, 1.82) is 0 Å². The van der Waals surface area contributed by atoms with Crippen molar-refractivity contribution in [2.24, 2.45) is 0 Å². The number of ether oxygens (including phenoxy) is 1. The summed E-state index contributed by atoms with van der Waals surface area (Å²) in [6, 6.07) is 11.3. The van der Waals surface area contributed by atoms with Crippen molar-refractivity contribution in [1.82, 2.24) is 0 Å². The zero-order valence-corrected chi connectivity index (χ0v) is 13.3. The molecule has 0 fully saturated rings. The summed E-state index contributed by atoms with van der Waals surface area (Å²) in [5.41, 5.74) is 2.02. The van der Waals surface area contributed by atoms with Gasteiger partial charge in [-0.15, -0.1) is 0 Å². The molecule has 0 unspecified atom stereocenters. The summed E-state index contributed by atoms with van der Waals surface area (Å²) >= 11 is 15.4. The molecule has 0 amide bonds. The Morgan fingerprint density at radius 3 is 2.37 bits per heavy atom. The van der Waals surface area contributed by atoms with Crippen molar-refractivity contribution in [3.8, 4) is 5.75 Å². The zero-order chi connectivity index (χ0) is 13.8. The second-order valence-corrected chi connectivity index (χ2v) is 5.71. The molecule has 5 heteroatoms. The van der Waals surface area contributed by atoms with E-state index in [-0.39, 0.29) is 0 Å². The third-order valence-electron chi connectivity index (χ3n) is 2.57. The second kappa shape index (κ2) is 6.51. The molecule has 2 aromatic rings. The van der Waals surface area contributed by atoms with Gasteiger partial charge in [0.05, 0.1) is 11.6 Å². The maximum Gasteiger partial charge on any atom is 0.133 e. The van der Waals surface area contributed by atoms with Gasteiger partial charge in [-0.3, -0.25) is 0 Å². The van der Waals surface area contributed by atoms with Crippen molar-refractivity contribution in [2.45, 2.75) is 6.54 Å². The van der Waals surface area contributed by atoms with Gasteiger partial charge in [0.25, 0.3) is 0 Å². The van der Waals surface area contributed by atoms with Crippen LogP contribution >= 0.6 is 39.1 Å². The van der Waals surface area contributed by atoms with Gasteiger partial charge in [0.2, 0.25) is 0 Å². The SMILES string of the molecule is COc1ccc(NCc2cc(Cl)cc(Cl)c2)cc1Br. The average Bonchev–Trinajstić information content (AvgIpc) is 2.35. The smallest absolute Gasteiger partial charge is 0.133 e. The third kappa shape index (κ3) is 4.03.